The predicted octanol–water partition coefficient (Wildman–Crippen LogP) is 7.30. The van der Waals surface area contributed by atoms with Crippen molar-refractivity contribution < 1.29 is 9.53 Å². The van der Waals surface area contributed by atoms with E-state index in [1.807, 2.05) is 25.2 Å². The summed E-state index contributed by atoms with van der Waals surface area (Å²) < 4.78 is 5.21. The Bertz CT molecular complexity index is 660. The third kappa shape index (κ3) is 9.64. The van der Waals surface area contributed by atoms with Crippen LogP contribution in [-0.2, 0) is 9.53 Å². The standard InChI is InChI=1S/C25H38O2S/c1-6-7-8-14-24(26)27-19-17-21(3)12-9-11-20(2)15-16-23-22(4)13-10-18-25(23,5)28/h9,11-12,15-17,28H,6-8,10,13-14,18-19H2,1-5H3/b12-9+,16-15+,20-11+,21-17+. The lowest BCUT2D eigenvalue weighted by atomic mass is 9.83. The number of hydrogen-bond acceptors (Lipinski definition) is 3. The lowest BCUT2D eigenvalue weighted by Crippen LogP contribution is -2.23. The minimum absolute atomic E-state index is 0.0255. The van der Waals surface area contributed by atoms with Gasteiger partial charge in [0.1, 0.15) is 6.61 Å². The lowest BCUT2D eigenvalue weighted by molar-refractivity contribution is -0.142. The van der Waals surface area contributed by atoms with E-state index in [1.165, 1.54) is 29.6 Å². The van der Waals surface area contributed by atoms with Crippen LogP contribution in [0.4, 0.5) is 0 Å². The first-order chi connectivity index (χ1) is 13.3. The monoisotopic (exact) mass is 402 g/mol. The first-order valence-corrected chi connectivity index (χ1v) is 11.0. The van der Waals surface area contributed by atoms with Crippen LogP contribution < -0.4 is 0 Å². The average molecular weight is 403 g/mol. The second-order valence-corrected chi connectivity index (χ2v) is 9.00. The molecular formula is C25H38O2S. The first-order valence-electron chi connectivity index (χ1n) is 10.5. The van der Waals surface area contributed by atoms with Crippen molar-refractivity contribution in [1.29, 1.82) is 0 Å². The average Bonchev–Trinajstić information content (AvgIpc) is 2.61. The molecule has 28 heavy (non-hydrogen) atoms. The largest absolute Gasteiger partial charge is 0.461 e. The van der Waals surface area contributed by atoms with Crippen LogP contribution in [0.5, 0.6) is 0 Å². The molecule has 0 radical (unpaired) electrons. The number of ether oxygens (including phenoxy) is 1. The zero-order chi connectivity index (χ0) is 21.0. The van der Waals surface area contributed by atoms with Crippen molar-refractivity contribution in [3.8, 4) is 0 Å². The third-order valence-corrected chi connectivity index (χ3v) is 5.59. The van der Waals surface area contributed by atoms with Gasteiger partial charge in [-0.2, -0.15) is 12.6 Å². The molecule has 1 atom stereocenters. The van der Waals surface area contributed by atoms with Crippen molar-refractivity contribution in [1.82, 2.24) is 0 Å². The summed E-state index contributed by atoms with van der Waals surface area (Å²) in [4.78, 5) is 11.6. The van der Waals surface area contributed by atoms with E-state index in [0.717, 1.165) is 31.3 Å². The second kappa shape index (κ2) is 12.9. The van der Waals surface area contributed by atoms with Crippen LogP contribution in [0.2, 0.25) is 0 Å². The van der Waals surface area contributed by atoms with Crippen LogP contribution in [0.15, 0.2) is 58.7 Å². The number of unbranched alkanes of at least 4 members (excludes halogenated alkanes) is 2. The van der Waals surface area contributed by atoms with E-state index in [4.69, 9.17) is 17.4 Å². The fourth-order valence-electron chi connectivity index (χ4n) is 3.30. The number of carbonyl (C=O) groups excluding carboxylic acids is 1. The Hall–Kier alpha value is -1.48. The molecule has 0 fully saturated rings. The van der Waals surface area contributed by atoms with E-state index in [-0.39, 0.29) is 10.7 Å². The highest BCUT2D eigenvalue weighted by Gasteiger charge is 2.27. The molecule has 2 nitrogen and oxygen atoms in total. The smallest absolute Gasteiger partial charge is 0.306 e. The molecule has 1 unspecified atom stereocenters. The number of carbonyl (C=O) groups is 1. The van der Waals surface area contributed by atoms with Crippen LogP contribution in [-0.4, -0.2) is 17.3 Å². The Morgan fingerprint density at radius 3 is 2.64 bits per heavy atom. The summed E-state index contributed by atoms with van der Waals surface area (Å²) in [6, 6.07) is 0. The van der Waals surface area contributed by atoms with Crippen molar-refractivity contribution in [2.75, 3.05) is 6.61 Å². The van der Waals surface area contributed by atoms with E-state index in [0.29, 0.717) is 13.0 Å². The normalized spacial score (nSPS) is 21.8. The highest BCUT2D eigenvalue weighted by Crippen LogP contribution is 2.38. The molecule has 0 saturated carbocycles. The van der Waals surface area contributed by atoms with Gasteiger partial charge >= 0.3 is 5.97 Å². The zero-order valence-corrected chi connectivity index (χ0v) is 19.3. The molecule has 1 rings (SSSR count). The molecule has 0 saturated heterocycles. The summed E-state index contributed by atoms with van der Waals surface area (Å²) in [5.74, 6) is -0.106. The van der Waals surface area contributed by atoms with Gasteiger partial charge in [0.05, 0.1) is 0 Å². The third-order valence-electron chi connectivity index (χ3n) is 5.12. The number of thiol groups is 1. The van der Waals surface area contributed by atoms with Gasteiger partial charge in [0.2, 0.25) is 0 Å². The minimum atomic E-state index is -0.106. The van der Waals surface area contributed by atoms with Crippen molar-refractivity contribution >= 4 is 18.6 Å². The van der Waals surface area contributed by atoms with E-state index in [1.54, 1.807) is 0 Å². The maximum atomic E-state index is 11.6. The first kappa shape index (κ1) is 24.6. The molecule has 1 aliphatic rings. The topological polar surface area (TPSA) is 26.3 Å². The molecule has 0 aliphatic heterocycles. The molecule has 0 aromatic heterocycles. The molecule has 0 spiro atoms. The Morgan fingerprint density at radius 1 is 1.21 bits per heavy atom. The summed E-state index contributed by atoms with van der Waals surface area (Å²) in [6.07, 6.45) is 19.7. The number of esters is 1. The predicted molar refractivity (Wildman–Crippen MR) is 125 cm³/mol. The molecule has 156 valence electrons. The van der Waals surface area contributed by atoms with Gasteiger partial charge in [0.15, 0.2) is 0 Å². The number of hydrogen-bond donors (Lipinski definition) is 1. The van der Waals surface area contributed by atoms with Crippen molar-refractivity contribution in [3.05, 3.63) is 58.7 Å². The fraction of sp³-hybridized carbons (Fsp3) is 0.560. The molecule has 1 aliphatic carbocycles. The van der Waals surface area contributed by atoms with Crippen LogP contribution >= 0.6 is 12.6 Å². The minimum Gasteiger partial charge on any atom is -0.461 e. The second-order valence-electron chi connectivity index (χ2n) is 8.01. The van der Waals surface area contributed by atoms with Crippen LogP contribution in [0, 0.1) is 0 Å². The van der Waals surface area contributed by atoms with Gasteiger partial charge in [0.25, 0.3) is 0 Å². The van der Waals surface area contributed by atoms with Gasteiger partial charge in [0, 0.05) is 11.2 Å². The van der Waals surface area contributed by atoms with E-state index in [2.05, 4.69) is 45.9 Å². The van der Waals surface area contributed by atoms with E-state index < -0.39 is 0 Å². The summed E-state index contributed by atoms with van der Waals surface area (Å²) in [6.45, 7) is 11.0. The number of allylic oxidation sites excluding steroid dienone is 8. The quantitative estimate of drug-likeness (QED) is 0.179. The highest BCUT2D eigenvalue weighted by atomic mass is 32.1. The molecule has 3 heteroatoms. The van der Waals surface area contributed by atoms with Gasteiger partial charge in [-0.15, -0.1) is 0 Å². The van der Waals surface area contributed by atoms with Crippen LogP contribution in [0.1, 0.15) is 79.6 Å². The molecule has 0 aromatic rings. The maximum Gasteiger partial charge on any atom is 0.306 e. The molecule has 0 amide bonds. The van der Waals surface area contributed by atoms with E-state index in [9.17, 15) is 4.79 Å². The summed E-state index contributed by atoms with van der Waals surface area (Å²) >= 11 is 4.86. The zero-order valence-electron chi connectivity index (χ0n) is 18.4. The lowest BCUT2D eigenvalue weighted by Gasteiger charge is -2.31. The van der Waals surface area contributed by atoms with E-state index >= 15 is 0 Å². The van der Waals surface area contributed by atoms with Gasteiger partial charge in [-0.25, -0.2) is 0 Å². The van der Waals surface area contributed by atoms with Crippen molar-refractivity contribution in [3.63, 3.8) is 0 Å². The molecular weight excluding hydrogens is 364 g/mol. The summed E-state index contributed by atoms with van der Waals surface area (Å²) in [5, 5.41) is 0. The number of rotatable bonds is 10. The fourth-order valence-corrected chi connectivity index (χ4v) is 3.72. The van der Waals surface area contributed by atoms with Crippen molar-refractivity contribution in [2.45, 2.75) is 84.3 Å². The van der Waals surface area contributed by atoms with Gasteiger partial charge in [-0.3, -0.25) is 4.79 Å². The highest BCUT2D eigenvalue weighted by molar-refractivity contribution is 7.82. The molecule has 0 N–H and O–H groups in total. The SMILES string of the molecule is CCCCCC(=O)OC/C=C(C)/C=C/C=C(C)/C=C/C1=C(C)CCCC1(C)S. The Balaban J connectivity index is 2.51. The Labute approximate surface area is 177 Å². The van der Waals surface area contributed by atoms with Gasteiger partial charge in [-0.05, 0) is 65.0 Å². The molecule has 0 heterocycles. The van der Waals surface area contributed by atoms with Gasteiger partial charge in [-0.1, -0.05) is 66.9 Å². The molecule has 0 aromatic carbocycles. The van der Waals surface area contributed by atoms with Crippen molar-refractivity contribution in [2.24, 2.45) is 0 Å². The molecule has 0 bridgehead atoms. The Morgan fingerprint density at radius 2 is 1.96 bits per heavy atom. The van der Waals surface area contributed by atoms with Gasteiger partial charge < -0.3 is 4.74 Å². The maximum absolute atomic E-state index is 11.6. The Kier molecular flexibility index (Phi) is 11.3. The summed E-state index contributed by atoms with van der Waals surface area (Å²) in [7, 11) is 0. The van der Waals surface area contributed by atoms with Crippen LogP contribution in [0.25, 0.3) is 0 Å². The summed E-state index contributed by atoms with van der Waals surface area (Å²) in [5.41, 5.74) is 5.09. The van der Waals surface area contributed by atoms with Crippen LogP contribution in [0.3, 0.4) is 0 Å².